The van der Waals surface area contributed by atoms with Crippen molar-refractivity contribution in [2.45, 2.75) is 57.9 Å². The van der Waals surface area contributed by atoms with Crippen molar-refractivity contribution in [1.29, 1.82) is 5.41 Å². The number of unbranched alkanes of at least 4 members (excludes halogenated alkanes) is 2. The Kier molecular flexibility index (Phi) is 11.5. The number of hydrogen-bond donors (Lipinski definition) is 3. The molecule has 0 radical (unpaired) electrons. The summed E-state index contributed by atoms with van der Waals surface area (Å²) < 4.78 is 0. The van der Waals surface area contributed by atoms with Crippen LogP contribution in [0, 0.1) is 5.41 Å². The second-order valence-corrected chi connectivity index (χ2v) is 8.42. The average molecular weight is 470 g/mol. The second-order valence-electron chi connectivity index (χ2n) is 8.42. The number of carbonyl (C=O) groups is 3. The number of rotatable bonds is 16. The summed E-state index contributed by atoms with van der Waals surface area (Å²) in [5.41, 5.74) is 7.39. The smallest absolute Gasteiger partial charge is 0.323 e. The standard InChI is InChI=1S/C25H35N5O4/c26-22(27)13-6-7-16-29(19-25(33)34)24(32)18-30(17-20-9-2-1-3-10-20)23(31)14-5-4-11-21-12-8-15-28-21/h1-3,8-10,15H,4-7,11-14,16-19H2,(H3,26,27)(H,33,34). The lowest BCUT2D eigenvalue weighted by Crippen LogP contribution is -2.44. The summed E-state index contributed by atoms with van der Waals surface area (Å²) in [6.45, 7) is -0.0814. The molecule has 0 aliphatic carbocycles. The molecule has 0 aromatic heterocycles. The van der Waals surface area contributed by atoms with Gasteiger partial charge in [0, 0.05) is 44.3 Å². The molecule has 2 rings (SSSR count). The van der Waals surface area contributed by atoms with Gasteiger partial charge in [-0.25, -0.2) is 0 Å². The predicted molar refractivity (Wildman–Crippen MR) is 131 cm³/mol. The number of aliphatic imine (C=N–C) groups is 1. The number of hydrogen-bond acceptors (Lipinski definition) is 5. The van der Waals surface area contributed by atoms with E-state index < -0.39 is 18.4 Å². The van der Waals surface area contributed by atoms with Gasteiger partial charge in [-0.15, -0.1) is 0 Å². The molecule has 0 bridgehead atoms. The number of carboxylic acid groups (broad SMARTS) is 1. The van der Waals surface area contributed by atoms with Crippen LogP contribution in [0.1, 0.15) is 56.9 Å². The van der Waals surface area contributed by atoms with Crippen molar-refractivity contribution in [2.75, 3.05) is 19.6 Å². The molecule has 1 aliphatic heterocycles. The largest absolute Gasteiger partial charge is 0.480 e. The lowest BCUT2D eigenvalue weighted by molar-refractivity contribution is -0.146. The highest BCUT2D eigenvalue weighted by atomic mass is 16.4. The molecule has 9 heteroatoms. The minimum atomic E-state index is -1.11. The van der Waals surface area contributed by atoms with Gasteiger partial charge < -0.3 is 20.6 Å². The van der Waals surface area contributed by atoms with E-state index in [4.69, 9.17) is 11.1 Å². The molecular weight excluding hydrogens is 434 g/mol. The van der Waals surface area contributed by atoms with Crippen molar-refractivity contribution in [3.05, 3.63) is 48.2 Å². The van der Waals surface area contributed by atoms with Crippen LogP contribution in [0.25, 0.3) is 0 Å². The van der Waals surface area contributed by atoms with Crippen LogP contribution in [0.3, 0.4) is 0 Å². The third kappa shape index (κ3) is 10.4. The fourth-order valence-corrected chi connectivity index (χ4v) is 3.70. The highest BCUT2D eigenvalue weighted by molar-refractivity contribution is 5.88. The van der Waals surface area contributed by atoms with Crippen molar-refractivity contribution in [3.8, 4) is 0 Å². The summed E-state index contributed by atoms with van der Waals surface area (Å²) >= 11 is 0. The number of amides is 2. The van der Waals surface area contributed by atoms with Crippen LogP contribution in [0.4, 0.5) is 0 Å². The second kappa shape index (κ2) is 14.6. The van der Waals surface area contributed by atoms with E-state index in [0.29, 0.717) is 32.1 Å². The number of nitrogens with zero attached hydrogens (tertiary/aromatic N) is 3. The first-order chi connectivity index (χ1) is 16.3. The summed E-state index contributed by atoms with van der Waals surface area (Å²) in [5, 5.41) is 16.5. The number of amidine groups is 1. The Hall–Kier alpha value is -3.49. The molecule has 34 heavy (non-hydrogen) atoms. The Morgan fingerprint density at radius 1 is 0.971 bits per heavy atom. The number of carbonyl (C=O) groups excluding carboxylic acids is 2. The Bertz CT molecular complexity index is 898. The quantitative estimate of drug-likeness (QED) is 0.194. The number of nitrogens with one attached hydrogen (secondary N) is 1. The van der Waals surface area contributed by atoms with Crippen LogP contribution in [0.5, 0.6) is 0 Å². The summed E-state index contributed by atoms with van der Waals surface area (Å²) in [4.78, 5) is 44.4. The molecule has 9 nitrogen and oxygen atoms in total. The zero-order valence-corrected chi connectivity index (χ0v) is 19.6. The van der Waals surface area contributed by atoms with Gasteiger partial charge in [-0.3, -0.25) is 24.8 Å². The average Bonchev–Trinajstić information content (AvgIpc) is 3.32. The molecule has 184 valence electrons. The van der Waals surface area contributed by atoms with E-state index in [1.807, 2.05) is 36.4 Å². The number of benzene rings is 1. The molecule has 1 aliphatic rings. The van der Waals surface area contributed by atoms with E-state index in [9.17, 15) is 19.5 Å². The van der Waals surface area contributed by atoms with Crippen molar-refractivity contribution >= 4 is 29.3 Å². The van der Waals surface area contributed by atoms with Gasteiger partial charge in [0.2, 0.25) is 11.8 Å². The molecule has 0 atom stereocenters. The Labute approximate surface area is 200 Å². The SMILES string of the molecule is N=C(N)CCCCN(CC(=O)O)C(=O)CN(Cc1ccccc1)C(=O)CCCCC1=NC=CC1. The maximum Gasteiger partial charge on any atom is 0.323 e. The van der Waals surface area contributed by atoms with Crippen LogP contribution in [-0.4, -0.2) is 63.9 Å². The minimum absolute atomic E-state index is 0.0620. The number of allylic oxidation sites excluding steroid dienone is 1. The van der Waals surface area contributed by atoms with Gasteiger partial charge in [0.25, 0.3) is 0 Å². The molecule has 4 N–H and O–H groups in total. The van der Waals surface area contributed by atoms with Crippen molar-refractivity contribution < 1.29 is 19.5 Å². The summed E-state index contributed by atoms with van der Waals surface area (Å²) in [5.74, 6) is -1.58. The Balaban J connectivity index is 1.97. The van der Waals surface area contributed by atoms with Crippen LogP contribution in [0.15, 0.2) is 47.6 Å². The van der Waals surface area contributed by atoms with Gasteiger partial charge >= 0.3 is 5.97 Å². The lowest BCUT2D eigenvalue weighted by atomic mass is 10.1. The molecule has 2 amide bonds. The predicted octanol–water partition coefficient (Wildman–Crippen LogP) is 2.95. The van der Waals surface area contributed by atoms with Crippen molar-refractivity contribution in [2.24, 2.45) is 10.7 Å². The lowest BCUT2D eigenvalue weighted by Gasteiger charge is -2.27. The molecule has 0 saturated heterocycles. The van der Waals surface area contributed by atoms with Gasteiger partial charge in [-0.2, -0.15) is 0 Å². The first kappa shape index (κ1) is 26.8. The fourth-order valence-electron chi connectivity index (χ4n) is 3.70. The van der Waals surface area contributed by atoms with E-state index in [2.05, 4.69) is 4.99 Å². The van der Waals surface area contributed by atoms with Crippen LogP contribution < -0.4 is 5.73 Å². The number of aliphatic carboxylic acids is 1. The normalized spacial score (nSPS) is 12.3. The van der Waals surface area contributed by atoms with E-state index in [0.717, 1.165) is 30.5 Å². The van der Waals surface area contributed by atoms with Crippen molar-refractivity contribution in [3.63, 3.8) is 0 Å². The Morgan fingerprint density at radius 3 is 2.35 bits per heavy atom. The van der Waals surface area contributed by atoms with Crippen molar-refractivity contribution in [1.82, 2.24) is 9.80 Å². The number of nitrogens with two attached hydrogens (primary N) is 1. The third-order valence-corrected chi connectivity index (χ3v) is 5.52. The highest BCUT2D eigenvalue weighted by Gasteiger charge is 2.23. The van der Waals surface area contributed by atoms with Crippen LogP contribution in [0.2, 0.25) is 0 Å². The van der Waals surface area contributed by atoms with Gasteiger partial charge in [-0.05, 0) is 37.7 Å². The molecule has 0 unspecified atom stereocenters. The first-order valence-corrected chi connectivity index (χ1v) is 11.7. The van der Waals surface area contributed by atoms with Crippen LogP contribution >= 0.6 is 0 Å². The minimum Gasteiger partial charge on any atom is -0.480 e. The number of carboxylic acids is 1. The molecule has 0 spiro atoms. The van der Waals surface area contributed by atoms with Crippen LogP contribution in [-0.2, 0) is 20.9 Å². The first-order valence-electron chi connectivity index (χ1n) is 11.7. The molecule has 1 heterocycles. The van der Waals surface area contributed by atoms with Gasteiger partial charge in [0.05, 0.1) is 5.84 Å². The maximum absolute atomic E-state index is 13.0. The highest BCUT2D eigenvalue weighted by Crippen LogP contribution is 2.13. The summed E-state index contributed by atoms with van der Waals surface area (Å²) in [7, 11) is 0. The summed E-state index contributed by atoms with van der Waals surface area (Å²) in [6, 6.07) is 9.43. The topological polar surface area (TPSA) is 140 Å². The molecular formula is C25H35N5O4. The van der Waals surface area contributed by atoms with Gasteiger partial charge in [0.1, 0.15) is 13.1 Å². The third-order valence-electron chi connectivity index (χ3n) is 5.52. The zero-order chi connectivity index (χ0) is 24.8. The maximum atomic E-state index is 13.0. The molecule has 0 saturated carbocycles. The van der Waals surface area contributed by atoms with E-state index in [1.165, 1.54) is 9.80 Å². The van der Waals surface area contributed by atoms with E-state index >= 15 is 0 Å². The fraction of sp³-hybridized carbons (Fsp3) is 0.480. The van der Waals surface area contributed by atoms with E-state index in [1.54, 1.807) is 6.20 Å². The van der Waals surface area contributed by atoms with Gasteiger partial charge in [-0.1, -0.05) is 36.4 Å². The Morgan fingerprint density at radius 2 is 1.71 bits per heavy atom. The monoisotopic (exact) mass is 469 g/mol. The summed E-state index contributed by atoms with van der Waals surface area (Å²) in [6.07, 6.45) is 8.92. The van der Waals surface area contributed by atoms with E-state index in [-0.39, 0.29) is 31.4 Å². The molecule has 0 fully saturated rings. The molecule has 1 aromatic rings. The zero-order valence-electron chi connectivity index (χ0n) is 19.6. The van der Waals surface area contributed by atoms with Gasteiger partial charge in [0.15, 0.2) is 0 Å². The molecule has 1 aromatic carbocycles.